The zero-order chi connectivity index (χ0) is 12.4. The molecule has 1 unspecified atom stereocenters. The summed E-state index contributed by atoms with van der Waals surface area (Å²) in [6.07, 6.45) is 0.638. The van der Waals surface area contributed by atoms with Crippen molar-refractivity contribution in [3.63, 3.8) is 0 Å². The first-order valence-electron chi connectivity index (χ1n) is 5.30. The molecule has 1 saturated heterocycles. The van der Waals surface area contributed by atoms with Crippen LogP contribution in [0, 0.1) is 24.2 Å². The lowest BCUT2D eigenvalue weighted by Crippen LogP contribution is -2.16. The molecule has 2 heterocycles. The van der Waals surface area contributed by atoms with Crippen LogP contribution < -0.4 is 0 Å². The summed E-state index contributed by atoms with van der Waals surface area (Å²) < 4.78 is 4.87. The minimum Gasteiger partial charge on any atom is -0.465 e. The fraction of sp³-hybridized carbons (Fsp3) is 0.455. The third-order valence-corrected chi connectivity index (χ3v) is 2.76. The lowest BCUT2D eigenvalue weighted by atomic mass is 10.0. The summed E-state index contributed by atoms with van der Waals surface area (Å²) in [6.45, 7) is 3.94. The average Bonchev–Trinajstić information content (AvgIpc) is 2.85. The van der Waals surface area contributed by atoms with Crippen LogP contribution in [0.1, 0.15) is 24.6 Å². The van der Waals surface area contributed by atoms with Crippen LogP contribution in [0.5, 0.6) is 0 Å². The molecule has 0 amide bonds. The Hall–Kier alpha value is -2.16. The van der Waals surface area contributed by atoms with Gasteiger partial charge in [0.2, 0.25) is 0 Å². The summed E-state index contributed by atoms with van der Waals surface area (Å²) in [5.74, 6) is -0.224. The van der Waals surface area contributed by atoms with Crippen LogP contribution in [0.3, 0.4) is 0 Å². The van der Waals surface area contributed by atoms with Crippen molar-refractivity contribution in [2.75, 3.05) is 6.61 Å². The Balaban J connectivity index is 2.30. The van der Waals surface area contributed by atoms with Crippen LogP contribution in [0.4, 0.5) is 5.82 Å². The fourth-order valence-corrected chi connectivity index (χ4v) is 1.75. The van der Waals surface area contributed by atoms with Crippen molar-refractivity contribution < 1.29 is 9.53 Å². The minimum absolute atomic E-state index is 0.253. The first-order chi connectivity index (χ1) is 8.13. The van der Waals surface area contributed by atoms with Gasteiger partial charge in [0.1, 0.15) is 11.6 Å². The number of aromatic amines is 1. The van der Waals surface area contributed by atoms with Crippen LogP contribution in [0.25, 0.3) is 0 Å². The van der Waals surface area contributed by atoms with Crippen molar-refractivity contribution >= 4 is 17.5 Å². The van der Waals surface area contributed by atoms with Gasteiger partial charge < -0.3 is 4.74 Å². The van der Waals surface area contributed by atoms with Gasteiger partial charge in [0.15, 0.2) is 5.82 Å². The lowest BCUT2D eigenvalue weighted by Gasteiger charge is -2.03. The monoisotopic (exact) mass is 232 g/mol. The van der Waals surface area contributed by atoms with E-state index < -0.39 is 0 Å². The number of ether oxygens (including phenoxy) is 1. The molecule has 2 rings (SSSR count). The first kappa shape index (κ1) is 11.3. The molecular formula is C11H12N4O2. The second-order valence-corrected chi connectivity index (χ2v) is 3.92. The standard InChI is InChI=1S/C11H12N4O2/c1-6(8-3-4-17-11(8)16)13-10-9(5-12)7(2)14-15-10/h8H,3-4H2,1-2H3,(H,14,15)/b13-6+. The van der Waals surface area contributed by atoms with Gasteiger partial charge in [0.05, 0.1) is 18.2 Å². The summed E-state index contributed by atoms with van der Waals surface area (Å²) in [5, 5.41) is 15.6. The number of carbonyl (C=O) groups excluding carboxylic acids is 1. The lowest BCUT2D eigenvalue weighted by molar-refractivity contribution is -0.139. The zero-order valence-corrected chi connectivity index (χ0v) is 9.65. The number of hydrogen-bond acceptors (Lipinski definition) is 5. The van der Waals surface area contributed by atoms with E-state index in [0.717, 1.165) is 0 Å². The highest BCUT2D eigenvalue weighted by atomic mass is 16.5. The molecule has 1 aliphatic heterocycles. The van der Waals surface area contributed by atoms with Gasteiger partial charge in [-0.15, -0.1) is 0 Å². The van der Waals surface area contributed by atoms with E-state index in [1.807, 2.05) is 6.07 Å². The summed E-state index contributed by atoms with van der Waals surface area (Å²) in [7, 11) is 0. The van der Waals surface area contributed by atoms with E-state index in [2.05, 4.69) is 15.2 Å². The molecule has 88 valence electrons. The Morgan fingerprint density at radius 2 is 2.47 bits per heavy atom. The normalized spacial score (nSPS) is 20.2. The minimum atomic E-state index is -0.307. The maximum Gasteiger partial charge on any atom is 0.314 e. The van der Waals surface area contributed by atoms with Gasteiger partial charge in [0, 0.05) is 12.1 Å². The van der Waals surface area contributed by atoms with E-state index in [1.165, 1.54) is 0 Å². The average molecular weight is 232 g/mol. The Kier molecular flexibility index (Phi) is 2.91. The van der Waals surface area contributed by atoms with Gasteiger partial charge in [-0.1, -0.05) is 0 Å². The van der Waals surface area contributed by atoms with Gasteiger partial charge in [-0.2, -0.15) is 10.4 Å². The zero-order valence-electron chi connectivity index (χ0n) is 9.65. The van der Waals surface area contributed by atoms with Crippen molar-refractivity contribution in [2.45, 2.75) is 20.3 Å². The third-order valence-electron chi connectivity index (χ3n) is 2.76. The Bertz CT molecular complexity index is 524. The van der Waals surface area contributed by atoms with E-state index in [-0.39, 0.29) is 11.9 Å². The van der Waals surface area contributed by atoms with Crippen molar-refractivity contribution in [1.29, 1.82) is 5.26 Å². The van der Waals surface area contributed by atoms with E-state index in [4.69, 9.17) is 10.00 Å². The van der Waals surface area contributed by atoms with Gasteiger partial charge in [0.25, 0.3) is 0 Å². The molecule has 6 heteroatoms. The molecule has 0 aliphatic carbocycles. The van der Waals surface area contributed by atoms with Crippen molar-refractivity contribution in [2.24, 2.45) is 10.9 Å². The van der Waals surface area contributed by atoms with Crippen LogP contribution in [0.2, 0.25) is 0 Å². The number of aryl methyl sites for hydroxylation is 1. The molecule has 1 N–H and O–H groups in total. The number of rotatable bonds is 2. The number of aromatic nitrogens is 2. The number of esters is 1. The smallest absolute Gasteiger partial charge is 0.314 e. The SMILES string of the molecule is C/C(=N\c1n[nH]c(C)c1C#N)C1CCOC1=O. The Labute approximate surface area is 98.3 Å². The molecule has 1 aromatic heterocycles. The van der Waals surface area contributed by atoms with Crippen LogP contribution >= 0.6 is 0 Å². The highest BCUT2D eigenvalue weighted by Crippen LogP contribution is 2.22. The summed E-state index contributed by atoms with van der Waals surface area (Å²) in [4.78, 5) is 15.6. The molecule has 0 aromatic carbocycles. The number of nitrogens with zero attached hydrogens (tertiary/aromatic N) is 3. The van der Waals surface area contributed by atoms with Crippen LogP contribution in [-0.2, 0) is 9.53 Å². The molecule has 1 aromatic rings. The van der Waals surface area contributed by atoms with Crippen LogP contribution in [-0.4, -0.2) is 28.5 Å². The highest BCUT2D eigenvalue weighted by molar-refractivity contribution is 6.02. The molecular weight excluding hydrogens is 220 g/mol. The Morgan fingerprint density at radius 3 is 3.06 bits per heavy atom. The second kappa shape index (κ2) is 4.37. The number of cyclic esters (lactones) is 1. The molecule has 1 fully saturated rings. The summed E-state index contributed by atoms with van der Waals surface area (Å²) in [5.41, 5.74) is 1.72. The van der Waals surface area contributed by atoms with E-state index in [9.17, 15) is 4.79 Å². The van der Waals surface area contributed by atoms with E-state index >= 15 is 0 Å². The summed E-state index contributed by atoms with van der Waals surface area (Å²) in [6, 6.07) is 2.03. The van der Waals surface area contributed by atoms with Crippen molar-refractivity contribution in [3.8, 4) is 6.07 Å². The third kappa shape index (κ3) is 2.04. The fourth-order valence-electron chi connectivity index (χ4n) is 1.75. The predicted octanol–water partition coefficient (Wildman–Crippen LogP) is 1.25. The number of aliphatic imine (C=N–C) groups is 1. The molecule has 0 spiro atoms. The highest BCUT2D eigenvalue weighted by Gasteiger charge is 2.29. The molecule has 1 atom stereocenters. The van der Waals surface area contributed by atoms with Crippen molar-refractivity contribution in [1.82, 2.24) is 10.2 Å². The first-order valence-corrected chi connectivity index (χ1v) is 5.30. The number of carbonyl (C=O) groups is 1. The number of nitrogens with one attached hydrogen (secondary N) is 1. The van der Waals surface area contributed by atoms with Crippen molar-refractivity contribution in [3.05, 3.63) is 11.3 Å². The largest absolute Gasteiger partial charge is 0.465 e. The maximum atomic E-state index is 11.4. The number of nitriles is 1. The van der Waals surface area contributed by atoms with E-state index in [0.29, 0.717) is 35.8 Å². The maximum absolute atomic E-state index is 11.4. The molecule has 0 radical (unpaired) electrons. The second-order valence-electron chi connectivity index (χ2n) is 3.92. The van der Waals surface area contributed by atoms with Gasteiger partial charge in [-0.3, -0.25) is 9.89 Å². The van der Waals surface area contributed by atoms with Gasteiger partial charge in [-0.25, -0.2) is 4.99 Å². The molecule has 0 bridgehead atoms. The molecule has 0 saturated carbocycles. The number of hydrogen-bond donors (Lipinski definition) is 1. The van der Waals surface area contributed by atoms with E-state index in [1.54, 1.807) is 13.8 Å². The predicted molar refractivity (Wildman–Crippen MR) is 59.9 cm³/mol. The number of H-pyrrole nitrogens is 1. The quantitative estimate of drug-likeness (QED) is 0.613. The molecule has 6 nitrogen and oxygen atoms in total. The Morgan fingerprint density at radius 1 is 1.71 bits per heavy atom. The van der Waals surface area contributed by atoms with Gasteiger partial charge in [-0.05, 0) is 13.8 Å². The van der Waals surface area contributed by atoms with Gasteiger partial charge >= 0.3 is 5.97 Å². The summed E-state index contributed by atoms with van der Waals surface area (Å²) >= 11 is 0. The molecule has 17 heavy (non-hydrogen) atoms. The molecule has 1 aliphatic rings. The topological polar surface area (TPSA) is 91.1 Å². The van der Waals surface area contributed by atoms with Crippen LogP contribution in [0.15, 0.2) is 4.99 Å².